The fourth-order valence-corrected chi connectivity index (χ4v) is 1.63. The summed E-state index contributed by atoms with van der Waals surface area (Å²) in [6.07, 6.45) is 0.949. The zero-order valence-electron chi connectivity index (χ0n) is 8.63. The minimum absolute atomic E-state index is 0.949. The zero-order chi connectivity index (χ0) is 9.97. The number of para-hydroxylation sites is 1. The second kappa shape index (κ2) is 3.84. The van der Waals surface area contributed by atoms with Gasteiger partial charge in [0, 0.05) is 18.4 Å². The smallest absolute Gasteiger partial charge is 0.137 e. The van der Waals surface area contributed by atoms with Crippen LogP contribution in [-0.2, 0) is 6.42 Å². The van der Waals surface area contributed by atoms with E-state index in [1.165, 1.54) is 10.9 Å². The average Bonchev–Trinajstić information content (AvgIpc) is 2.59. The Morgan fingerprint density at radius 2 is 2.21 bits per heavy atom. The minimum Gasteiger partial charge on any atom is -0.461 e. The number of hydrogen-bond donors (Lipinski definition) is 1. The van der Waals surface area contributed by atoms with Gasteiger partial charge in [-0.25, -0.2) is 0 Å². The quantitative estimate of drug-likeness (QED) is 0.802. The largest absolute Gasteiger partial charge is 0.461 e. The van der Waals surface area contributed by atoms with Crippen LogP contribution in [0.2, 0.25) is 0 Å². The highest BCUT2D eigenvalue weighted by molar-refractivity contribution is 5.80. The molecule has 0 aliphatic carbocycles. The van der Waals surface area contributed by atoms with Gasteiger partial charge in [-0.2, -0.15) is 0 Å². The predicted molar refractivity (Wildman–Crippen MR) is 58.6 cm³/mol. The first-order valence-corrected chi connectivity index (χ1v) is 4.94. The predicted octanol–water partition coefficient (Wildman–Crippen LogP) is 2.50. The molecule has 0 amide bonds. The van der Waals surface area contributed by atoms with Crippen molar-refractivity contribution in [3.8, 4) is 0 Å². The van der Waals surface area contributed by atoms with Crippen molar-refractivity contribution in [1.29, 1.82) is 0 Å². The Balaban J connectivity index is 2.36. The molecule has 0 spiro atoms. The van der Waals surface area contributed by atoms with Crippen LogP contribution in [0.25, 0.3) is 11.0 Å². The second-order valence-electron chi connectivity index (χ2n) is 3.56. The molecule has 0 unspecified atom stereocenters. The highest BCUT2D eigenvalue weighted by Crippen LogP contribution is 2.22. The molecule has 0 radical (unpaired) electrons. The Labute approximate surface area is 83.9 Å². The lowest BCUT2D eigenvalue weighted by atomic mass is 10.2. The molecule has 0 bridgehead atoms. The van der Waals surface area contributed by atoms with Gasteiger partial charge in [0.1, 0.15) is 11.3 Å². The molecule has 1 heterocycles. The van der Waals surface area contributed by atoms with E-state index in [0.717, 1.165) is 24.3 Å². The third kappa shape index (κ3) is 1.66. The average molecular weight is 189 g/mol. The van der Waals surface area contributed by atoms with Gasteiger partial charge in [-0.15, -0.1) is 0 Å². The lowest BCUT2D eigenvalue weighted by Gasteiger charge is -1.94. The van der Waals surface area contributed by atoms with Crippen molar-refractivity contribution >= 4 is 11.0 Å². The highest BCUT2D eigenvalue weighted by Gasteiger charge is 2.04. The Morgan fingerprint density at radius 3 is 2.93 bits per heavy atom. The van der Waals surface area contributed by atoms with Crippen molar-refractivity contribution in [1.82, 2.24) is 5.32 Å². The molecule has 0 saturated heterocycles. The van der Waals surface area contributed by atoms with Crippen LogP contribution in [-0.4, -0.2) is 13.6 Å². The van der Waals surface area contributed by atoms with Crippen molar-refractivity contribution < 1.29 is 4.42 Å². The standard InChI is InChI=1S/C12H15NO/c1-9-4-3-5-10-8-11(6-7-13-2)14-12(9)10/h3-5,8,13H,6-7H2,1-2H3. The third-order valence-electron chi connectivity index (χ3n) is 2.41. The summed E-state index contributed by atoms with van der Waals surface area (Å²) in [7, 11) is 1.95. The fraction of sp³-hybridized carbons (Fsp3) is 0.333. The van der Waals surface area contributed by atoms with Gasteiger partial charge in [0.25, 0.3) is 0 Å². The molecule has 2 rings (SSSR count). The summed E-state index contributed by atoms with van der Waals surface area (Å²) >= 11 is 0. The van der Waals surface area contributed by atoms with Crippen LogP contribution in [0.15, 0.2) is 28.7 Å². The first-order valence-electron chi connectivity index (χ1n) is 4.94. The van der Waals surface area contributed by atoms with Crippen molar-refractivity contribution in [2.45, 2.75) is 13.3 Å². The van der Waals surface area contributed by atoms with Gasteiger partial charge in [0.15, 0.2) is 0 Å². The van der Waals surface area contributed by atoms with Gasteiger partial charge < -0.3 is 9.73 Å². The van der Waals surface area contributed by atoms with Gasteiger partial charge in [0.05, 0.1) is 0 Å². The Hall–Kier alpha value is -1.28. The number of rotatable bonds is 3. The number of fused-ring (bicyclic) bond motifs is 1. The Morgan fingerprint density at radius 1 is 1.36 bits per heavy atom. The minimum atomic E-state index is 0.949. The summed E-state index contributed by atoms with van der Waals surface area (Å²) in [6, 6.07) is 8.36. The number of nitrogens with one attached hydrogen (secondary N) is 1. The summed E-state index contributed by atoms with van der Waals surface area (Å²) in [4.78, 5) is 0. The monoisotopic (exact) mass is 189 g/mol. The lowest BCUT2D eigenvalue weighted by molar-refractivity contribution is 0.539. The first kappa shape index (κ1) is 9.28. The lowest BCUT2D eigenvalue weighted by Crippen LogP contribution is -2.09. The molecule has 0 atom stereocenters. The molecule has 0 fully saturated rings. The van der Waals surface area contributed by atoms with Crippen LogP contribution >= 0.6 is 0 Å². The van der Waals surface area contributed by atoms with Crippen LogP contribution in [0.1, 0.15) is 11.3 Å². The van der Waals surface area contributed by atoms with E-state index in [9.17, 15) is 0 Å². The molecule has 0 saturated carbocycles. The molecule has 1 aromatic heterocycles. The third-order valence-corrected chi connectivity index (χ3v) is 2.41. The summed E-state index contributed by atoms with van der Waals surface area (Å²) in [6.45, 7) is 3.03. The number of benzene rings is 1. The highest BCUT2D eigenvalue weighted by atomic mass is 16.3. The van der Waals surface area contributed by atoms with Gasteiger partial charge in [0.2, 0.25) is 0 Å². The maximum atomic E-state index is 5.76. The van der Waals surface area contributed by atoms with Gasteiger partial charge in [-0.1, -0.05) is 18.2 Å². The second-order valence-corrected chi connectivity index (χ2v) is 3.56. The van der Waals surface area contributed by atoms with Crippen LogP contribution in [0.3, 0.4) is 0 Å². The van der Waals surface area contributed by atoms with E-state index in [1.807, 2.05) is 7.05 Å². The molecule has 74 valence electrons. The van der Waals surface area contributed by atoms with Crippen LogP contribution in [0.4, 0.5) is 0 Å². The fourth-order valence-electron chi connectivity index (χ4n) is 1.63. The Kier molecular flexibility index (Phi) is 2.55. The number of furan rings is 1. The van der Waals surface area contributed by atoms with E-state index in [2.05, 4.69) is 36.5 Å². The summed E-state index contributed by atoms with van der Waals surface area (Å²) in [5.41, 5.74) is 2.23. The molecular weight excluding hydrogens is 174 g/mol. The number of hydrogen-bond acceptors (Lipinski definition) is 2. The van der Waals surface area contributed by atoms with Crippen LogP contribution < -0.4 is 5.32 Å². The van der Waals surface area contributed by atoms with E-state index in [0.29, 0.717) is 0 Å². The van der Waals surface area contributed by atoms with Gasteiger partial charge in [-0.05, 0) is 25.6 Å². The van der Waals surface area contributed by atoms with E-state index in [1.54, 1.807) is 0 Å². The zero-order valence-corrected chi connectivity index (χ0v) is 8.63. The molecule has 14 heavy (non-hydrogen) atoms. The summed E-state index contributed by atoms with van der Waals surface area (Å²) < 4.78 is 5.76. The van der Waals surface area contributed by atoms with Crippen LogP contribution in [0.5, 0.6) is 0 Å². The topological polar surface area (TPSA) is 25.2 Å². The van der Waals surface area contributed by atoms with Crippen molar-refractivity contribution in [3.63, 3.8) is 0 Å². The molecule has 2 aromatic rings. The molecule has 1 aromatic carbocycles. The summed E-state index contributed by atoms with van der Waals surface area (Å²) in [5, 5.41) is 4.32. The maximum absolute atomic E-state index is 5.76. The number of aryl methyl sites for hydroxylation is 1. The van der Waals surface area contributed by atoms with E-state index in [4.69, 9.17) is 4.42 Å². The first-order chi connectivity index (χ1) is 6.81. The number of likely N-dealkylation sites (N-methyl/N-ethyl adjacent to an activating group) is 1. The molecule has 2 nitrogen and oxygen atoms in total. The molecule has 1 N–H and O–H groups in total. The van der Waals surface area contributed by atoms with Crippen LogP contribution in [0, 0.1) is 6.92 Å². The molecule has 0 aliphatic heterocycles. The summed E-state index contributed by atoms with van der Waals surface area (Å²) in [5.74, 6) is 1.06. The molecule has 2 heteroatoms. The van der Waals surface area contributed by atoms with Crippen molar-refractivity contribution in [2.24, 2.45) is 0 Å². The SMILES string of the molecule is CNCCc1cc2cccc(C)c2o1. The van der Waals surface area contributed by atoms with E-state index in [-0.39, 0.29) is 0 Å². The molecule has 0 aliphatic rings. The maximum Gasteiger partial charge on any atom is 0.137 e. The van der Waals surface area contributed by atoms with Crippen molar-refractivity contribution in [2.75, 3.05) is 13.6 Å². The Bertz CT molecular complexity index is 431. The van der Waals surface area contributed by atoms with Crippen molar-refractivity contribution in [3.05, 3.63) is 35.6 Å². The van der Waals surface area contributed by atoms with E-state index < -0.39 is 0 Å². The normalized spacial score (nSPS) is 11.0. The van der Waals surface area contributed by atoms with Gasteiger partial charge in [-0.3, -0.25) is 0 Å². The molecular formula is C12H15NO. The van der Waals surface area contributed by atoms with E-state index >= 15 is 0 Å². The van der Waals surface area contributed by atoms with Gasteiger partial charge >= 0.3 is 0 Å².